The third-order valence-corrected chi connectivity index (χ3v) is 4.01. The molecular weight excluding hydrogens is 216 g/mol. The van der Waals surface area contributed by atoms with Gasteiger partial charge in [-0.1, -0.05) is 0 Å². The van der Waals surface area contributed by atoms with Crippen molar-refractivity contribution >= 4 is 15.8 Å². The van der Waals surface area contributed by atoms with Gasteiger partial charge >= 0.3 is 5.97 Å². The molecule has 5 heteroatoms. The molecule has 4 nitrogen and oxygen atoms in total. The average molecular weight is 234 g/mol. The zero-order valence-electron chi connectivity index (χ0n) is 9.45. The van der Waals surface area contributed by atoms with E-state index in [1.54, 1.807) is 0 Å². The van der Waals surface area contributed by atoms with Crippen LogP contribution in [0.2, 0.25) is 0 Å². The van der Waals surface area contributed by atoms with Crippen molar-refractivity contribution in [1.29, 1.82) is 0 Å². The van der Waals surface area contributed by atoms with Crippen molar-refractivity contribution in [3.63, 3.8) is 0 Å². The van der Waals surface area contributed by atoms with Gasteiger partial charge in [0.05, 0.1) is 17.4 Å². The molecule has 0 N–H and O–H groups in total. The predicted octanol–water partition coefficient (Wildman–Crippen LogP) is 1.15. The van der Waals surface area contributed by atoms with E-state index in [1.165, 1.54) is 0 Å². The van der Waals surface area contributed by atoms with Crippen LogP contribution in [0.1, 0.15) is 33.6 Å². The van der Waals surface area contributed by atoms with Gasteiger partial charge in [0.25, 0.3) is 0 Å². The molecule has 0 aromatic heterocycles. The number of esters is 1. The Morgan fingerprint density at radius 1 is 1.20 bits per heavy atom. The van der Waals surface area contributed by atoms with E-state index in [9.17, 15) is 13.2 Å². The quantitative estimate of drug-likeness (QED) is 0.639. The normalized spacial score (nSPS) is 22.3. The summed E-state index contributed by atoms with van der Waals surface area (Å²) in [6.45, 7) is 5.43. The molecule has 0 aromatic rings. The lowest BCUT2D eigenvalue weighted by Crippen LogP contribution is -2.33. The number of rotatable bonds is 1. The van der Waals surface area contributed by atoms with Gasteiger partial charge in [-0.25, -0.2) is 8.42 Å². The third kappa shape index (κ3) is 4.20. The zero-order valence-corrected chi connectivity index (χ0v) is 10.3. The molecule has 0 amide bonds. The summed E-state index contributed by atoms with van der Waals surface area (Å²) in [5, 5.41) is 0. The Labute approximate surface area is 90.9 Å². The molecule has 1 heterocycles. The van der Waals surface area contributed by atoms with Crippen LogP contribution in [0.25, 0.3) is 0 Å². The summed E-state index contributed by atoms with van der Waals surface area (Å²) in [6, 6.07) is 0. The topological polar surface area (TPSA) is 60.4 Å². The largest absolute Gasteiger partial charge is 0.460 e. The lowest BCUT2D eigenvalue weighted by molar-refractivity contribution is -0.160. The minimum Gasteiger partial charge on any atom is -0.460 e. The van der Waals surface area contributed by atoms with Crippen LogP contribution >= 0.6 is 0 Å². The number of carbonyl (C=O) groups excluding carboxylic acids is 1. The van der Waals surface area contributed by atoms with Crippen molar-refractivity contribution < 1.29 is 17.9 Å². The molecule has 0 aromatic carbocycles. The second-order valence-corrected chi connectivity index (χ2v) is 7.26. The van der Waals surface area contributed by atoms with Gasteiger partial charge < -0.3 is 4.74 Å². The summed E-state index contributed by atoms with van der Waals surface area (Å²) in [7, 11) is -2.90. The first-order valence-corrected chi connectivity index (χ1v) is 6.95. The van der Waals surface area contributed by atoms with Gasteiger partial charge in [0.15, 0.2) is 0 Å². The van der Waals surface area contributed by atoms with Gasteiger partial charge in [-0.2, -0.15) is 0 Å². The van der Waals surface area contributed by atoms with Crippen LogP contribution in [-0.4, -0.2) is 31.5 Å². The minimum absolute atomic E-state index is 0.108. The van der Waals surface area contributed by atoms with Crippen molar-refractivity contribution in [2.24, 2.45) is 5.92 Å². The molecule has 1 saturated heterocycles. The van der Waals surface area contributed by atoms with Crippen LogP contribution in [0.15, 0.2) is 0 Å². The number of carbonyl (C=O) groups is 1. The summed E-state index contributed by atoms with van der Waals surface area (Å²) < 4.78 is 27.5. The molecule has 0 radical (unpaired) electrons. The van der Waals surface area contributed by atoms with Crippen LogP contribution in [0, 0.1) is 5.92 Å². The van der Waals surface area contributed by atoms with Crippen LogP contribution in [-0.2, 0) is 19.4 Å². The smallest absolute Gasteiger partial charge is 0.309 e. The molecule has 0 bridgehead atoms. The van der Waals surface area contributed by atoms with E-state index in [4.69, 9.17) is 4.74 Å². The minimum atomic E-state index is -2.90. The fourth-order valence-corrected chi connectivity index (χ4v) is 3.00. The maximum absolute atomic E-state index is 11.6. The Hall–Kier alpha value is -0.580. The Kier molecular flexibility index (Phi) is 3.43. The van der Waals surface area contributed by atoms with Gasteiger partial charge in [-0.15, -0.1) is 0 Å². The highest BCUT2D eigenvalue weighted by molar-refractivity contribution is 7.91. The first kappa shape index (κ1) is 12.5. The van der Waals surface area contributed by atoms with Crippen molar-refractivity contribution in [3.8, 4) is 0 Å². The molecule has 0 unspecified atom stereocenters. The second kappa shape index (κ2) is 4.12. The molecule has 0 spiro atoms. The molecule has 0 saturated carbocycles. The number of hydrogen-bond donors (Lipinski definition) is 0. The summed E-state index contributed by atoms with van der Waals surface area (Å²) in [5.41, 5.74) is -0.493. The maximum atomic E-state index is 11.6. The summed E-state index contributed by atoms with van der Waals surface area (Å²) in [6.07, 6.45) is 0.800. The van der Waals surface area contributed by atoms with Crippen molar-refractivity contribution in [2.75, 3.05) is 11.5 Å². The highest BCUT2D eigenvalue weighted by Gasteiger charge is 2.31. The monoisotopic (exact) mass is 234 g/mol. The van der Waals surface area contributed by atoms with Crippen LogP contribution in [0.5, 0.6) is 0 Å². The summed E-state index contributed by atoms with van der Waals surface area (Å²) in [5.74, 6) is -0.293. The van der Waals surface area contributed by atoms with Crippen LogP contribution in [0.3, 0.4) is 0 Å². The van der Waals surface area contributed by atoms with E-state index in [0.29, 0.717) is 12.8 Å². The Morgan fingerprint density at radius 2 is 1.67 bits per heavy atom. The van der Waals surface area contributed by atoms with Crippen LogP contribution in [0.4, 0.5) is 0 Å². The Balaban J connectivity index is 2.51. The molecule has 1 rings (SSSR count). The highest BCUT2D eigenvalue weighted by Crippen LogP contribution is 2.22. The highest BCUT2D eigenvalue weighted by atomic mass is 32.2. The van der Waals surface area contributed by atoms with E-state index in [1.807, 2.05) is 20.8 Å². The maximum Gasteiger partial charge on any atom is 0.309 e. The van der Waals surface area contributed by atoms with E-state index >= 15 is 0 Å². The van der Waals surface area contributed by atoms with Gasteiger partial charge in [0, 0.05) is 0 Å². The Morgan fingerprint density at radius 3 is 2.07 bits per heavy atom. The van der Waals surface area contributed by atoms with E-state index in [0.717, 1.165) is 0 Å². The standard InChI is InChI=1S/C10H18O4S/c1-10(2,3)14-9(11)8-4-6-15(12,13)7-5-8/h8H,4-7H2,1-3H3. The average Bonchev–Trinajstić information content (AvgIpc) is 2.00. The number of sulfone groups is 1. The lowest BCUT2D eigenvalue weighted by Gasteiger charge is -2.25. The van der Waals surface area contributed by atoms with Gasteiger partial charge in [0.2, 0.25) is 0 Å². The zero-order chi connectivity index (χ0) is 11.7. The van der Waals surface area contributed by atoms with Crippen molar-refractivity contribution in [2.45, 2.75) is 39.2 Å². The SMILES string of the molecule is CC(C)(C)OC(=O)C1CCS(=O)(=O)CC1. The number of hydrogen-bond acceptors (Lipinski definition) is 4. The summed E-state index contributed by atoms with van der Waals surface area (Å²) >= 11 is 0. The number of ether oxygens (including phenoxy) is 1. The second-order valence-electron chi connectivity index (χ2n) is 4.96. The molecule has 15 heavy (non-hydrogen) atoms. The third-order valence-electron chi connectivity index (χ3n) is 2.29. The van der Waals surface area contributed by atoms with Gasteiger partial charge in [-0.3, -0.25) is 4.79 Å². The van der Waals surface area contributed by atoms with Gasteiger partial charge in [0.1, 0.15) is 15.4 Å². The van der Waals surface area contributed by atoms with E-state index < -0.39 is 15.4 Å². The van der Waals surface area contributed by atoms with Crippen molar-refractivity contribution in [1.82, 2.24) is 0 Å². The molecule has 88 valence electrons. The molecule has 0 atom stereocenters. The van der Waals surface area contributed by atoms with Crippen molar-refractivity contribution in [3.05, 3.63) is 0 Å². The lowest BCUT2D eigenvalue weighted by atomic mass is 10.0. The fraction of sp³-hybridized carbons (Fsp3) is 0.900. The first-order chi connectivity index (χ1) is 6.70. The predicted molar refractivity (Wildman–Crippen MR) is 57.2 cm³/mol. The Bertz CT molecular complexity index is 323. The van der Waals surface area contributed by atoms with Crippen LogP contribution < -0.4 is 0 Å². The molecule has 1 aliphatic heterocycles. The molecular formula is C10H18O4S. The van der Waals surface area contributed by atoms with E-state index in [2.05, 4.69) is 0 Å². The van der Waals surface area contributed by atoms with E-state index in [-0.39, 0.29) is 23.4 Å². The fourth-order valence-electron chi connectivity index (χ4n) is 1.51. The summed E-state index contributed by atoms with van der Waals surface area (Å²) in [4.78, 5) is 11.6. The molecule has 1 aliphatic rings. The molecule has 1 fully saturated rings. The van der Waals surface area contributed by atoms with Gasteiger partial charge in [-0.05, 0) is 33.6 Å². The molecule has 0 aliphatic carbocycles. The first-order valence-electron chi connectivity index (χ1n) is 5.13.